The topological polar surface area (TPSA) is 44.8 Å². The molecule has 1 saturated heterocycles. The summed E-state index contributed by atoms with van der Waals surface area (Å²) in [7, 11) is 0. The third-order valence-corrected chi connectivity index (χ3v) is 3.46. The summed E-state index contributed by atoms with van der Waals surface area (Å²) >= 11 is 0. The maximum Gasteiger partial charge on any atom is 0.333 e. The van der Waals surface area contributed by atoms with E-state index in [1.54, 1.807) is 0 Å². The highest BCUT2D eigenvalue weighted by molar-refractivity contribution is 5.86. The Hall–Kier alpha value is -1.79. The first-order chi connectivity index (χ1) is 10.9. The van der Waals surface area contributed by atoms with Crippen LogP contribution < -0.4 is 0 Å². The molecule has 126 valence electrons. The van der Waals surface area contributed by atoms with Crippen LogP contribution in [0.25, 0.3) is 0 Å². The summed E-state index contributed by atoms with van der Waals surface area (Å²) in [6.07, 6.45) is -0.818. The molecule has 1 aliphatic heterocycles. The van der Waals surface area contributed by atoms with E-state index in [0.717, 1.165) is 0 Å². The Morgan fingerprint density at radius 3 is 2.57 bits per heavy atom. The van der Waals surface area contributed by atoms with Crippen LogP contribution >= 0.6 is 0 Å². The zero-order valence-electron chi connectivity index (χ0n) is 13.2. The number of ether oxygens (including phenoxy) is 3. The normalized spacial score (nSPS) is 21.0. The SMILES string of the molecule is C=C(C)C(=O)OCCc1ccc(C2OCC(C)CO2)c(F)c1F. The number of esters is 1. The Morgan fingerprint density at radius 2 is 1.96 bits per heavy atom. The number of carbonyl (C=O) groups is 1. The smallest absolute Gasteiger partial charge is 0.333 e. The molecule has 4 nitrogen and oxygen atoms in total. The van der Waals surface area contributed by atoms with Crippen LogP contribution in [0.2, 0.25) is 0 Å². The van der Waals surface area contributed by atoms with Gasteiger partial charge >= 0.3 is 5.97 Å². The van der Waals surface area contributed by atoms with Crippen molar-refractivity contribution in [2.24, 2.45) is 5.92 Å². The zero-order valence-corrected chi connectivity index (χ0v) is 13.2. The summed E-state index contributed by atoms with van der Waals surface area (Å²) in [6.45, 7) is 7.73. The zero-order chi connectivity index (χ0) is 17.0. The molecule has 1 fully saturated rings. The van der Waals surface area contributed by atoms with Gasteiger partial charge < -0.3 is 14.2 Å². The lowest BCUT2D eigenvalue weighted by molar-refractivity contribution is -0.203. The monoisotopic (exact) mass is 326 g/mol. The van der Waals surface area contributed by atoms with Gasteiger partial charge in [-0.1, -0.05) is 25.6 Å². The summed E-state index contributed by atoms with van der Waals surface area (Å²) in [6, 6.07) is 2.89. The van der Waals surface area contributed by atoms with Crippen LogP contribution in [0.4, 0.5) is 8.78 Å². The lowest BCUT2D eigenvalue weighted by Crippen LogP contribution is -2.26. The second-order valence-electron chi connectivity index (χ2n) is 5.71. The van der Waals surface area contributed by atoms with Crippen LogP contribution in [0.5, 0.6) is 0 Å². The van der Waals surface area contributed by atoms with Gasteiger partial charge in [-0.05, 0) is 12.5 Å². The Labute approximate surface area is 134 Å². The summed E-state index contributed by atoms with van der Waals surface area (Å²) < 4.78 is 44.0. The van der Waals surface area contributed by atoms with Gasteiger partial charge in [0, 0.05) is 23.5 Å². The molecular weight excluding hydrogens is 306 g/mol. The summed E-state index contributed by atoms with van der Waals surface area (Å²) in [5, 5.41) is 0. The fourth-order valence-corrected chi connectivity index (χ4v) is 2.14. The minimum absolute atomic E-state index is 0.0390. The maximum absolute atomic E-state index is 14.2. The van der Waals surface area contributed by atoms with Crippen molar-refractivity contribution < 1.29 is 27.8 Å². The third kappa shape index (κ3) is 4.36. The minimum Gasteiger partial charge on any atom is -0.462 e. The molecule has 0 saturated carbocycles. The average Bonchev–Trinajstić information content (AvgIpc) is 2.52. The van der Waals surface area contributed by atoms with Gasteiger partial charge in [0.05, 0.1) is 19.8 Å². The van der Waals surface area contributed by atoms with E-state index < -0.39 is 23.9 Å². The van der Waals surface area contributed by atoms with Crippen LogP contribution in [0.3, 0.4) is 0 Å². The number of benzene rings is 1. The standard InChI is InChI=1S/C17H20F2O4/c1-10(2)16(20)21-7-6-12-4-5-13(15(19)14(12)18)17-22-8-11(3)9-23-17/h4-5,11,17H,1,6-9H2,2-3H3. The van der Waals surface area contributed by atoms with E-state index in [1.165, 1.54) is 19.1 Å². The van der Waals surface area contributed by atoms with Crippen molar-refractivity contribution in [1.29, 1.82) is 0 Å². The van der Waals surface area contributed by atoms with Crippen LogP contribution in [0.1, 0.15) is 31.3 Å². The van der Waals surface area contributed by atoms with Gasteiger partial charge in [0.1, 0.15) is 0 Å². The third-order valence-electron chi connectivity index (χ3n) is 3.46. The summed E-state index contributed by atoms with van der Waals surface area (Å²) in [5.41, 5.74) is 0.426. The maximum atomic E-state index is 14.2. The van der Waals surface area contributed by atoms with Crippen LogP contribution in [-0.4, -0.2) is 25.8 Å². The van der Waals surface area contributed by atoms with Gasteiger partial charge in [-0.3, -0.25) is 0 Å². The van der Waals surface area contributed by atoms with Crippen molar-refractivity contribution >= 4 is 5.97 Å². The van der Waals surface area contributed by atoms with E-state index in [2.05, 4.69) is 6.58 Å². The Morgan fingerprint density at radius 1 is 1.30 bits per heavy atom. The van der Waals surface area contributed by atoms with Gasteiger partial charge in [-0.15, -0.1) is 0 Å². The highest BCUT2D eigenvalue weighted by Gasteiger charge is 2.26. The molecule has 0 radical (unpaired) electrons. The first-order valence-corrected chi connectivity index (χ1v) is 7.42. The molecule has 2 rings (SSSR count). The molecule has 0 aromatic heterocycles. The quantitative estimate of drug-likeness (QED) is 0.615. The second kappa shape index (κ2) is 7.66. The largest absolute Gasteiger partial charge is 0.462 e. The fourth-order valence-electron chi connectivity index (χ4n) is 2.14. The molecule has 0 spiro atoms. The Kier molecular flexibility index (Phi) is 5.85. The van der Waals surface area contributed by atoms with E-state index in [-0.39, 0.29) is 35.6 Å². The van der Waals surface area contributed by atoms with Crippen LogP contribution in [-0.2, 0) is 25.4 Å². The van der Waals surface area contributed by atoms with E-state index in [1.807, 2.05) is 6.92 Å². The molecule has 1 aromatic carbocycles. The van der Waals surface area contributed by atoms with Gasteiger partial charge in [-0.25, -0.2) is 13.6 Å². The number of rotatable bonds is 5. The number of halogens is 2. The molecular formula is C17H20F2O4. The van der Waals surface area contributed by atoms with E-state index in [9.17, 15) is 13.6 Å². The molecule has 0 aliphatic carbocycles. The first-order valence-electron chi connectivity index (χ1n) is 7.42. The van der Waals surface area contributed by atoms with Gasteiger partial charge in [0.25, 0.3) is 0 Å². The summed E-state index contributed by atoms with van der Waals surface area (Å²) in [4.78, 5) is 11.2. The minimum atomic E-state index is -0.992. The van der Waals surface area contributed by atoms with Crippen LogP contribution in [0, 0.1) is 17.6 Å². The van der Waals surface area contributed by atoms with Crippen molar-refractivity contribution in [3.05, 3.63) is 47.0 Å². The van der Waals surface area contributed by atoms with Gasteiger partial charge in [-0.2, -0.15) is 0 Å². The van der Waals surface area contributed by atoms with Gasteiger partial charge in [0.2, 0.25) is 0 Å². The fraction of sp³-hybridized carbons (Fsp3) is 0.471. The number of carbonyl (C=O) groups excluding carboxylic acids is 1. The molecule has 1 aliphatic rings. The summed E-state index contributed by atoms with van der Waals surface area (Å²) in [5.74, 6) is -2.30. The molecule has 0 N–H and O–H groups in total. The molecule has 0 unspecified atom stereocenters. The molecule has 0 amide bonds. The van der Waals surface area contributed by atoms with Crippen molar-refractivity contribution in [3.63, 3.8) is 0 Å². The molecule has 23 heavy (non-hydrogen) atoms. The van der Waals surface area contributed by atoms with Gasteiger partial charge in [0.15, 0.2) is 17.9 Å². The Balaban J connectivity index is 2.02. The van der Waals surface area contributed by atoms with E-state index in [4.69, 9.17) is 14.2 Å². The molecule has 0 bridgehead atoms. The predicted octanol–water partition coefficient (Wildman–Crippen LogP) is 3.31. The number of hydrogen-bond donors (Lipinski definition) is 0. The highest BCUT2D eigenvalue weighted by atomic mass is 19.2. The van der Waals surface area contributed by atoms with E-state index in [0.29, 0.717) is 13.2 Å². The molecule has 1 aromatic rings. The van der Waals surface area contributed by atoms with Crippen molar-refractivity contribution in [3.8, 4) is 0 Å². The van der Waals surface area contributed by atoms with E-state index >= 15 is 0 Å². The lowest BCUT2D eigenvalue weighted by Gasteiger charge is -2.28. The first kappa shape index (κ1) is 17.6. The second-order valence-corrected chi connectivity index (χ2v) is 5.71. The molecule has 6 heteroatoms. The predicted molar refractivity (Wildman–Crippen MR) is 79.6 cm³/mol. The highest BCUT2D eigenvalue weighted by Crippen LogP contribution is 2.29. The van der Waals surface area contributed by atoms with Crippen molar-refractivity contribution in [2.45, 2.75) is 26.6 Å². The number of hydrogen-bond acceptors (Lipinski definition) is 4. The van der Waals surface area contributed by atoms with Crippen molar-refractivity contribution in [2.75, 3.05) is 19.8 Å². The average molecular weight is 326 g/mol. The molecule has 1 heterocycles. The lowest BCUT2D eigenvalue weighted by atomic mass is 10.1. The van der Waals surface area contributed by atoms with Crippen LogP contribution in [0.15, 0.2) is 24.3 Å². The molecule has 0 atom stereocenters. The van der Waals surface area contributed by atoms with Crippen molar-refractivity contribution in [1.82, 2.24) is 0 Å². The Bertz CT molecular complexity index is 593.